The Bertz CT molecular complexity index is 462. The van der Waals surface area contributed by atoms with Gasteiger partial charge in [0.2, 0.25) is 5.91 Å². The van der Waals surface area contributed by atoms with Crippen LogP contribution in [0.3, 0.4) is 0 Å². The predicted molar refractivity (Wildman–Crippen MR) is 62.7 cm³/mol. The Hall–Kier alpha value is -1.43. The Labute approximate surface area is 106 Å². The van der Waals surface area contributed by atoms with E-state index in [9.17, 15) is 14.0 Å². The van der Waals surface area contributed by atoms with Crippen molar-refractivity contribution < 1.29 is 19.1 Å². The molecule has 4 nitrogen and oxygen atoms in total. The maximum atomic E-state index is 13.0. The summed E-state index contributed by atoms with van der Waals surface area (Å²) in [5.74, 6) is -2.79. The van der Waals surface area contributed by atoms with Crippen LogP contribution < -0.4 is 5.73 Å². The fourth-order valence-corrected chi connectivity index (χ4v) is 1.71. The zero-order chi connectivity index (χ0) is 13.2. The number of halogens is 2. The quantitative estimate of drug-likeness (QED) is 0.831. The summed E-state index contributed by atoms with van der Waals surface area (Å²) < 4.78 is 13.6. The van der Waals surface area contributed by atoms with E-state index in [1.54, 1.807) is 0 Å². The Kier molecular flexibility index (Phi) is 3.87. The number of rotatable bonds is 4. The third-order valence-electron chi connectivity index (χ3n) is 2.57. The van der Waals surface area contributed by atoms with Crippen molar-refractivity contribution >= 4 is 27.8 Å². The standard InChI is InChI=1S/C11H11BrFNO3/c1-11(9(14)15,10(16)17)5-6-4-7(13)2-3-8(6)12/h2-4H,5H2,1H3,(H2,14,15)(H,16,17). The highest BCUT2D eigenvalue weighted by Crippen LogP contribution is 2.28. The number of hydrogen-bond donors (Lipinski definition) is 2. The summed E-state index contributed by atoms with van der Waals surface area (Å²) in [5, 5.41) is 9.01. The van der Waals surface area contributed by atoms with Crippen molar-refractivity contribution in [1.82, 2.24) is 0 Å². The Morgan fingerprint density at radius 1 is 1.53 bits per heavy atom. The summed E-state index contributed by atoms with van der Waals surface area (Å²) in [6, 6.07) is 3.86. The van der Waals surface area contributed by atoms with Crippen LogP contribution >= 0.6 is 15.9 Å². The number of carbonyl (C=O) groups excluding carboxylic acids is 1. The van der Waals surface area contributed by atoms with Gasteiger partial charge in [-0.15, -0.1) is 0 Å². The first-order chi connectivity index (χ1) is 7.77. The van der Waals surface area contributed by atoms with E-state index in [0.717, 1.165) is 0 Å². The Balaban J connectivity index is 3.15. The number of nitrogens with two attached hydrogens (primary N) is 1. The minimum atomic E-state index is -1.75. The van der Waals surface area contributed by atoms with Crippen molar-refractivity contribution in [2.75, 3.05) is 0 Å². The molecule has 0 aliphatic rings. The summed E-state index contributed by atoms with van der Waals surface area (Å²) in [6.07, 6.45) is -0.171. The molecule has 0 aliphatic heterocycles. The molecule has 0 fully saturated rings. The second kappa shape index (κ2) is 4.83. The molecule has 0 saturated heterocycles. The smallest absolute Gasteiger partial charge is 0.319 e. The summed E-state index contributed by atoms with van der Waals surface area (Å²) in [5.41, 5.74) is 3.71. The molecule has 0 aliphatic carbocycles. The topological polar surface area (TPSA) is 80.4 Å². The third-order valence-corrected chi connectivity index (χ3v) is 3.34. The molecule has 1 atom stereocenters. The normalized spacial score (nSPS) is 14.1. The van der Waals surface area contributed by atoms with Gasteiger partial charge in [-0.3, -0.25) is 9.59 Å². The molecule has 0 aromatic heterocycles. The number of carbonyl (C=O) groups is 2. The number of aliphatic carboxylic acids is 1. The first kappa shape index (κ1) is 13.6. The molecule has 1 rings (SSSR count). The molecule has 17 heavy (non-hydrogen) atoms. The minimum absolute atomic E-state index is 0.171. The van der Waals surface area contributed by atoms with Gasteiger partial charge < -0.3 is 10.8 Å². The van der Waals surface area contributed by atoms with Crippen LogP contribution in [0.1, 0.15) is 12.5 Å². The first-order valence-corrected chi connectivity index (χ1v) is 5.54. The molecule has 1 aromatic carbocycles. The van der Waals surface area contributed by atoms with Crippen molar-refractivity contribution in [3.05, 3.63) is 34.1 Å². The summed E-state index contributed by atoms with van der Waals surface area (Å²) in [7, 11) is 0. The monoisotopic (exact) mass is 303 g/mol. The summed E-state index contributed by atoms with van der Waals surface area (Å²) in [4.78, 5) is 22.2. The maximum Gasteiger partial charge on any atom is 0.319 e. The lowest BCUT2D eigenvalue weighted by Crippen LogP contribution is -2.43. The fraction of sp³-hybridized carbons (Fsp3) is 0.273. The van der Waals surface area contributed by atoms with E-state index < -0.39 is 23.1 Å². The molecule has 0 radical (unpaired) electrons. The van der Waals surface area contributed by atoms with Crippen molar-refractivity contribution in [2.45, 2.75) is 13.3 Å². The van der Waals surface area contributed by atoms with Gasteiger partial charge in [0.1, 0.15) is 11.2 Å². The average molecular weight is 304 g/mol. The molecule has 0 bridgehead atoms. The molecule has 92 valence electrons. The SMILES string of the molecule is CC(Cc1cc(F)ccc1Br)(C(N)=O)C(=O)O. The lowest BCUT2D eigenvalue weighted by molar-refractivity contribution is -0.153. The van der Waals surface area contributed by atoms with Gasteiger partial charge in [-0.05, 0) is 37.1 Å². The Morgan fingerprint density at radius 3 is 2.59 bits per heavy atom. The molecule has 3 N–H and O–H groups in total. The summed E-state index contributed by atoms with van der Waals surface area (Å²) in [6.45, 7) is 1.22. The highest BCUT2D eigenvalue weighted by atomic mass is 79.9. The molecule has 1 aromatic rings. The van der Waals surface area contributed by atoms with Crippen LogP contribution in [0, 0.1) is 11.2 Å². The van der Waals surface area contributed by atoms with Gasteiger partial charge >= 0.3 is 5.97 Å². The molecule has 1 unspecified atom stereocenters. The van der Waals surface area contributed by atoms with Crippen LogP contribution in [0.5, 0.6) is 0 Å². The van der Waals surface area contributed by atoms with E-state index in [1.165, 1.54) is 25.1 Å². The van der Waals surface area contributed by atoms with Gasteiger partial charge in [-0.25, -0.2) is 4.39 Å². The van der Waals surface area contributed by atoms with Crippen LogP contribution in [0.4, 0.5) is 4.39 Å². The van der Waals surface area contributed by atoms with Crippen molar-refractivity contribution in [1.29, 1.82) is 0 Å². The zero-order valence-corrected chi connectivity index (χ0v) is 10.6. The lowest BCUT2D eigenvalue weighted by Gasteiger charge is -2.21. The number of benzene rings is 1. The van der Waals surface area contributed by atoms with Crippen molar-refractivity contribution in [3.8, 4) is 0 Å². The van der Waals surface area contributed by atoms with E-state index in [-0.39, 0.29) is 6.42 Å². The van der Waals surface area contributed by atoms with Gasteiger partial charge in [0.25, 0.3) is 0 Å². The zero-order valence-electron chi connectivity index (χ0n) is 9.04. The number of carboxylic acid groups (broad SMARTS) is 1. The summed E-state index contributed by atoms with van der Waals surface area (Å²) >= 11 is 3.17. The van der Waals surface area contributed by atoms with E-state index in [1.807, 2.05) is 0 Å². The molecule has 6 heteroatoms. The fourth-order valence-electron chi connectivity index (χ4n) is 1.33. The Morgan fingerprint density at radius 2 is 2.12 bits per heavy atom. The molecule has 1 amide bonds. The second-order valence-electron chi connectivity index (χ2n) is 3.91. The molecular weight excluding hydrogens is 293 g/mol. The second-order valence-corrected chi connectivity index (χ2v) is 4.77. The highest BCUT2D eigenvalue weighted by Gasteiger charge is 2.40. The van der Waals surface area contributed by atoms with E-state index in [0.29, 0.717) is 10.0 Å². The molecular formula is C11H11BrFNO3. The van der Waals surface area contributed by atoms with Gasteiger partial charge in [0.15, 0.2) is 0 Å². The molecule has 0 heterocycles. The minimum Gasteiger partial charge on any atom is -0.480 e. The van der Waals surface area contributed by atoms with Gasteiger partial charge in [-0.2, -0.15) is 0 Å². The largest absolute Gasteiger partial charge is 0.480 e. The van der Waals surface area contributed by atoms with E-state index >= 15 is 0 Å². The van der Waals surface area contributed by atoms with E-state index in [2.05, 4.69) is 15.9 Å². The van der Waals surface area contributed by atoms with Crippen LogP contribution in [0.2, 0.25) is 0 Å². The van der Waals surface area contributed by atoms with Crippen LogP contribution in [0.15, 0.2) is 22.7 Å². The third kappa shape index (κ3) is 2.82. The van der Waals surface area contributed by atoms with Crippen LogP contribution in [-0.4, -0.2) is 17.0 Å². The highest BCUT2D eigenvalue weighted by molar-refractivity contribution is 9.10. The van der Waals surface area contributed by atoms with Crippen molar-refractivity contribution in [2.24, 2.45) is 11.1 Å². The molecule has 0 saturated carbocycles. The number of amides is 1. The predicted octanol–water partition coefficient (Wildman–Crippen LogP) is 1.71. The van der Waals surface area contributed by atoms with Gasteiger partial charge in [0.05, 0.1) is 0 Å². The van der Waals surface area contributed by atoms with Crippen LogP contribution in [0.25, 0.3) is 0 Å². The number of carboxylic acids is 1. The lowest BCUT2D eigenvalue weighted by atomic mass is 9.83. The first-order valence-electron chi connectivity index (χ1n) is 4.74. The number of hydrogen-bond acceptors (Lipinski definition) is 2. The van der Waals surface area contributed by atoms with Crippen LogP contribution in [-0.2, 0) is 16.0 Å². The van der Waals surface area contributed by atoms with E-state index in [4.69, 9.17) is 10.8 Å². The molecule has 0 spiro atoms. The van der Waals surface area contributed by atoms with Gasteiger partial charge in [0, 0.05) is 4.47 Å². The van der Waals surface area contributed by atoms with Gasteiger partial charge in [-0.1, -0.05) is 15.9 Å². The number of primary amides is 1. The average Bonchev–Trinajstić information content (AvgIpc) is 2.22. The van der Waals surface area contributed by atoms with Crippen molar-refractivity contribution in [3.63, 3.8) is 0 Å². The maximum absolute atomic E-state index is 13.0.